The van der Waals surface area contributed by atoms with Crippen LogP contribution in [0.25, 0.3) is 11.0 Å². The van der Waals surface area contributed by atoms with Crippen LogP contribution in [-0.2, 0) is 0 Å². The second-order valence-corrected chi connectivity index (χ2v) is 5.07. The molecule has 2 nitrogen and oxygen atoms in total. The quantitative estimate of drug-likeness (QED) is 0.616. The second-order valence-electron chi connectivity index (χ2n) is 4.22. The maximum atomic E-state index is 13.7. The summed E-state index contributed by atoms with van der Waals surface area (Å²) in [5, 5.41) is 1.32. The van der Waals surface area contributed by atoms with Crippen LogP contribution in [-0.4, -0.2) is 5.78 Å². The predicted molar refractivity (Wildman–Crippen MR) is 76.1 cm³/mol. The zero-order valence-electron chi connectivity index (χ0n) is 9.99. The second kappa shape index (κ2) is 4.93. The maximum Gasteiger partial charge on any atom is 0.231 e. The molecule has 5 heteroatoms. The maximum absolute atomic E-state index is 13.7. The Morgan fingerprint density at radius 2 is 1.90 bits per heavy atom. The Balaban J connectivity index is 2.10. The number of ketones is 1. The van der Waals surface area contributed by atoms with E-state index < -0.39 is 11.6 Å². The van der Waals surface area contributed by atoms with Gasteiger partial charge in [-0.15, -0.1) is 0 Å². The van der Waals surface area contributed by atoms with Gasteiger partial charge in [-0.2, -0.15) is 0 Å². The highest BCUT2D eigenvalue weighted by molar-refractivity contribution is 6.35. The van der Waals surface area contributed by atoms with Gasteiger partial charge in [0.1, 0.15) is 5.82 Å². The van der Waals surface area contributed by atoms with E-state index in [4.69, 9.17) is 27.6 Å². The molecule has 0 amide bonds. The highest BCUT2D eigenvalue weighted by Gasteiger charge is 2.19. The molecule has 1 aromatic heterocycles. The molecule has 1 heterocycles. The van der Waals surface area contributed by atoms with E-state index in [0.29, 0.717) is 16.0 Å². The summed E-state index contributed by atoms with van der Waals surface area (Å²) in [5.41, 5.74) is 0.316. The van der Waals surface area contributed by atoms with Gasteiger partial charge in [0.2, 0.25) is 5.78 Å². The third-order valence-electron chi connectivity index (χ3n) is 2.90. The first-order chi connectivity index (χ1) is 9.56. The summed E-state index contributed by atoms with van der Waals surface area (Å²) in [4.78, 5) is 12.2. The van der Waals surface area contributed by atoms with Crippen LogP contribution in [0.5, 0.6) is 0 Å². The highest BCUT2D eigenvalue weighted by atomic mass is 35.5. The minimum atomic E-state index is -0.686. The summed E-state index contributed by atoms with van der Waals surface area (Å²) in [5.74, 6) is -1.20. The first-order valence-electron chi connectivity index (χ1n) is 5.74. The SMILES string of the molecule is O=C(c1cc2cccc(Cl)c2o1)c1ccc(Cl)cc1F. The Labute approximate surface area is 123 Å². The van der Waals surface area contributed by atoms with Crippen molar-refractivity contribution in [1.29, 1.82) is 0 Å². The van der Waals surface area contributed by atoms with Crippen LogP contribution >= 0.6 is 23.2 Å². The van der Waals surface area contributed by atoms with E-state index in [1.165, 1.54) is 18.2 Å². The Morgan fingerprint density at radius 3 is 2.60 bits per heavy atom. The van der Waals surface area contributed by atoms with Crippen molar-refractivity contribution in [2.24, 2.45) is 0 Å². The normalized spacial score (nSPS) is 10.9. The summed E-state index contributed by atoms with van der Waals surface area (Å²) in [7, 11) is 0. The number of para-hydroxylation sites is 1. The van der Waals surface area contributed by atoms with Gasteiger partial charge >= 0.3 is 0 Å². The zero-order chi connectivity index (χ0) is 14.3. The molecule has 0 N–H and O–H groups in total. The molecular formula is C15H7Cl2FO2. The number of rotatable bonds is 2. The van der Waals surface area contributed by atoms with Crippen molar-refractivity contribution in [3.05, 3.63) is 69.7 Å². The number of carbonyl (C=O) groups excluding carboxylic acids is 1. The van der Waals surface area contributed by atoms with E-state index in [-0.39, 0.29) is 16.3 Å². The lowest BCUT2D eigenvalue weighted by Crippen LogP contribution is -2.02. The van der Waals surface area contributed by atoms with E-state index in [2.05, 4.69) is 0 Å². The first kappa shape index (κ1) is 13.2. The van der Waals surface area contributed by atoms with Crippen molar-refractivity contribution in [3.8, 4) is 0 Å². The lowest BCUT2D eigenvalue weighted by Gasteiger charge is -2.00. The molecule has 20 heavy (non-hydrogen) atoms. The lowest BCUT2D eigenvalue weighted by molar-refractivity contribution is 0.101. The number of halogens is 3. The smallest absolute Gasteiger partial charge is 0.231 e. The highest BCUT2D eigenvalue weighted by Crippen LogP contribution is 2.28. The van der Waals surface area contributed by atoms with Gasteiger partial charge in [0.05, 0.1) is 10.6 Å². The molecule has 100 valence electrons. The van der Waals surface area contributed by atoms with Crippen molar-refractivity contribution in [3.63, 3.8) is 0 Å². The summed E-state index contributed by atoms with van der Waals surface area (Å²) < 4.78 is 19.2. The minimum Gasteiger partial charge on any atom is -0.451 e. The van der Waals surface area contributed by atoms with Gasteiger partial charge in [0.25, 0.3) is 0 Å². The van der Waals surface area contributed by atoms with Crippen molar-refractivity contribution >= 4 is 40.0 Å². The van der Waals surface area contributed by atoms with E-state index in [1.807, 2.05) is 0 Å². The third kappa shape index (κ3) is 2.19. The number of fused-ring (bicyclic) bond motifs is 1. The topological polar surface area (TPSA) is 30.2 Å². The molecule has 0 saturated heterocycles. The van der Waals surface area contributed by atoms with Crippen LogP contribution in [0.1, 0.15) is 16.1 Å². The lowest BCUT2D eigenvalue weighted by atomic mass is 10.1. The van der Waals surface area contributed by atoms with Gasteiger partial charge in [-0.3, -0.25) is 4.79 Å². The largest absolute Gasteiger partial charge is 0.451 e. The fraction of sp³-hybridized carbons (Fsp3) is 0. The molecule has 0 fully saturated rings. The van der Waals surface area contributed by atoms with Crippen molar-refractivity contribution in [1.82, 2.24) is 0 Å². The number of benzene rings is 2. The molecular weight excluding hydrogens is 302 g/mol. The van der Waals surface area contributed by atoms with Gasteiger partial charge < -0.3 is 4.42 Å². The van der Waals surface area contributed by atoms with Crippen molar-refractivity contribution in [2.45, 2.75) is 0 Å². The van der Waals surface area contributed by atoms with Gasteiger partial charge in [0, 0.05) is 10.4 Å². The van der Waals surface area contributed by atoms with Crippen LogP contribution in [0.3, 0.4) is 0 Å². The molecule has 0 aliphatic heterocycles. The van der Waals surface area contributed by atoms with E-state index in [0.717, 1.165) is 6.07 Å². The van der Waals surface area contributed by atoms with Crippen LogP contribution in [0.15, 0.2) is 46.9 Å². The fourth-order valence-corrected chi connectivity index (χ4v) is 2.32. The number of hydrogen-bond donors (Lipinski definition) is 0. The van der Waals surface area contributed by atoms with Crippen molar-refractivity contribution < 1.29 is 13.6 Å². The molecule has 0 aliphatic carbocycles. The molecule has 0 bridgehead atoms. The van der Waals surface area contributed by atoms with Gasteiger partial charge in [-0.1, -0.05) is 35.3 Å². The molecule has 3 aromatic rings. The van der Waals surface area contributed by atoms with Crippen LogP contribution in [0.4, 0.5) is 4.39 Å². The molecule has 0 saturated carbocycles. The predicted octanol–water partition coefficient (Wildman–Crippen LogP) is 5.11. The summed E-state index contributed by atoms with van der Waals surface area (Å²) in [6, 6.07) is 10.6. The van der Waals surface area contributed by atoms with Crippen LogP contribution in [0, 0.1) is 5.82 Å². The first-order valence-corrected chi connectivity index (χ1v) is 6.49. The average Bonchev–Trinajstić information content (AvgIpc) is 2.83. The van der Waals surface area contributed by atoms with E-state index >= 15 is 0 Å². The van der Waals surface area contributed by atoms with Gasteiger partial charge in [-0.25, -0.2) is 4.39 Å². The fourth-order valence-electron chi connectivity index (χ4n) is 1.95. The molecule has 0 radical (unpaired) electrons. The Bertz CT molecular complexity index is 824. The number of hydrogen-bond acceptors (Lipinski definition) is 2. The molecule has 3 rings (SSSR count). The van der Waals surface area contributed by atoms with E-state index in [1.54, 1.807) is 18.2 Å². The van der Waals surface area contributed by atoms with Crippen LogP contribution < -0.4 is 0 Å². The van der Waals surface area contributed by atoms with Crippen molar-refractivity contribution in [2.75, 3.05) is 0 Å². The summed E-state index contributed by atoms with van der Waals surface area (Å²) in [6.45, 7) is 0. The molecule has 0 unspecified atom stereocenters. The number of furan rings is 1. The molecule has 2 aromatic carbocycles. The Hall–Kier alpha value is -1.84. The van der Waals surface area contributed by atoms with E-state index in [9.17, 15) is 9.18 Å². The monoisotopic (exact) mass is 308 g/mol. The minimum absolute atomic E-state index is 0.0364. The average molecular weight is 309 g/mol. The Morgan fingerprint density at radius 1 is 1.10 bits per heavy atom. The molecule has 0 spiro atoms. The molecule has 0 aliphatic rings. The summed E-state index contributed by atoms with van der Waals surface area (Å²) >= 11 is 11.6. The number of carbonyl (C=O) groups is 1. The van der Waals surface area contributed by atoms with Crippen LogP contribution in [0.2, 0.25) is 10.0 Å². The Kier molecular flexibility index (Phi) is 3.24. The molecule has 0 atom stereocenters. The standard InChI is InChI=1S/C15H7Cl2FO2/c16-9-4-5-10(12(18)7-9)14(19)13-6-8-2-1-3-11(17)15(8)20-13/h1-7H. The zero-order valence-corrected chi connectivity index (χ0v) is 11.5. The third-order valence-corrected chi connectivity index (χ3v) is 3.43. The van der Waals surface area contributed by atoms with Gasteiger partial charge in [0.15, 0.2) is 11.3 Å². The summed E-state index contributed by atoms with van der Waals surface area (Å²) in [6.07, 6.45) is 0. The van der Waals surface area contributed by atoms with Gasteiger partial charge in [-0.05, 0) is 30.3 Å².